The van der Waals surface area contributed by atoms with Gasteiger partial charge in [0.2, 0.25) is 0 Å². The van der Waals surface area contributed by atoms with Gasteiger partial charge in [-0.25, -0.2) is 4.98 Å². The Morgan fingerprint density at radius 2 is 2.12 bits per heavy atom. The molecule has 0 spiro atoms. The number of aromatic nitrogens is 3. The largest absolute Gasteiger partial charge is 0.389 e. The first kappa shape index (κ1) is 12.5. The average Bonchev–Trinajstić information content (AvgIpc) is 2.68. The molecule has 17 heavy (non-hydrogen) atoms. The lowest BCUT2D eigenvalue weighted by Crippen LogP contribution is -2.46. The predicted molar refractivity (Wildman–Crippen MR) is 65.6 cm³/mol. The molecule has 0 bridgehead atoms. The molecule has 0 atom stereocenters. The highest BCUT2D eigenvalue weighted by Crippen LogP contribution is 2.25. The first-order chi connectivity index (χ1) is 8.13. The number of piperidine rings is 1. The van der Waals surface area contributed by atoms with Crippen molar-refractivity contribution in [1.82, 2.24) is 19.7 Å². The van der Waals surface area contributed by atoms with Crippen molar-refractivity contribution >= 4 is 0 Å². The molecule has 1 N–H and O–H groups in total. The lowest BCUT2D eigenvalue weighted by Gasteiger charge is -2.37. The summed E-state index contributed by atoms with van der Waals surface area (Å²) in [6.45, 7) is 5.31. The second kappa shape index (κ2) is 5.14. The standard InChI is InChI=1S/C12H22N4O/c1-3-6-16-7-4-12(17,5-8-16)9-11-13-10-14-15(11)2/h10,17H,3-9H2,1-2H3. The van der Waals surface area contributed by atoms with Crippen molar-refractivity contribution in [2.45, 2.75) is 38.2 Å². The van der Waals surface area contributed by atoms with Gasteiger partial charge in [-0.1, -0.05) is 6.92 Å². The topological polar surface area (TPSA) is 54.2 Å². The Balaban J connectivity index is 1.91. The van der Waals surface area contributed by atoms with Crippen LogP contribution >= 0.6 is 0 Å². The minimum atomic E-state index is -0.592. The molecule has 1 aromatic heterocycles. The zero-order valence-electron chi connectivity index (χ0n) is 10.8. The van der Waals surface area contributed by atoms with Crippen LogP contribution in [0, 0.1) is 0 Å². The van der Waals surface area contributed by atoms with Crippen LogP contribution in [0.15, 0.2) is 6.33 Å². The summed E-state index contributed by atoms with van der Waals surface area (Å²) >= 11 is 0. The molecule has 0 aromatic carbocycles. The minimum Gasteiger partial charge on any atom is -0.389 e. The van der Waals surface area contributed by atoms with Crippen LogP contribution in [-0.4, -0.2) is 50.0 Å². The molecule has 0 radical (unpaired) electrons. The number of aliphatic hydroxyl groups is 1. The zero-order chi connectivity index (χ0) is 12.3. The molecule has 5 nitrogen and oxygen atoms in total. The summed E-state index contributed by atoms with van der Waals surface area (Å²) in [5.74, 6) is 0.872. The fourth-order valence-electron chi connectivity index (χ4n) is 2.46. The van der Waals surface area contributed by atoms with Crippen LogP contribution in [0.5, 0.6) is 0 Å². The van der Waals surface area contributed by atoms with E-state index in [9.17, 15) is 5.11 Å². The fourth-order valence-corrected chi connectivity index (χ4v) is 2.46. The molecule has 2 heterocycles. The summed E-state index contributed by atoms with van der Waals surface area (Å²) < 4.78 is 1.75. The van der Waals surface area contributed by atoms with Crippen molar-refractivity contribution in [2.24, 2.45) is 7.05 Å². The molecule has 0 unspecified atom stereocenters. The van der Waals surface area contributed by atoms with Crippen LogP contribution in [0.25, 0.3) is 0 Å². The van der Waals surface area contributed by atoms with E-state index in [1.54, 1.807) is 11.0 Å². The van der Waals surface area contributed by atoms with E-state index in [0.29, 0.717) is 6.42 Å². The third-order valence-corrected chi connectivity index (χ3v) is 3.62. The lowest BCUT2D eigenvalue weighted by atomic mass is 9.88. The first-order valence-electron chi connectivity index (χ1n) is 6.40. The maximum absolute atomic E-state index is 10.5. The van der Waals surface area contributed by atoms with Crippen molar-refractivity contribution in [1.29, 1.82) is 0 Å². The van der Waals surface area contributed by atoms with Gasteiger partial charge in [0, 0.05) is 26.6 Å². The van der Waals surface area contributed by atoms with E-state index in [4.69, 9.17) is 0 Å². The van der Waals surface area contributed by atoms with Gasteiger partial charge >= 0.3 is 0 Å². The van der Waals surface area contributed by atoms with Gasteiger partial charge in [-0.05, 0) is 25.8 Å². The quantitative estimate of drug-likeness (QED) is 0.834. The molecular formula is C12H22N4O. The molecule has 1 aromatic rings. The number of rotatable bonds is 4. The van der Waals surface area contributed by atoms with Crippen LogP contribution in [0.2, 0.25) is 0 Å². The SMILES string of the molecule is CCCN1CCC(O)(Cc2ncnn2C)CC1. The van der Waals surface area contributed by atoms with E-state index in [1.807, 2.05) is 7.05 Å². The smallest absolute Gasteiger partial charge is 0.138 e. The van der Waals surface area contributed by atoms with E-state index in [1.165, 1.54) is 6.42 Å². The molecule has 0 aliphatic carbocycles. The number of hydrogen-bond donors (Lipinski definition) is 1. The molecule has 5 heteroatoms. The van der Waals surface area contributed by atoms with Crippen molar-refractivity contribution < 1.29 is 5.11 Å². The molecular weight excluding hydrogens is 216 g/mol. The van der Waals surface area contributed by atoms with Crippen molar-refractivity contribution in [3.63, 3.8) is 0 Å². The highest BCUT2D eigenvalue weighted by Gasteiger charge is 2.33. The molecule has 1 fully saturated rings. The van der Waals surface area contributed by atoms with Gasteiger partial charge in [0.1, 0.15) is 12.2 Å². The second-order valence-corrected chi connectivity index (χ2v) is 5.04. The van der Waals surface area contributed by atoms with Gasteiger partial charge in [-0.3, -0.25) is 4.68 Å². The van der Waals surface area contributed by atoms with E-state index in [2.05, 4.69) is 21.9 Å². The third-order valence-electron chi connectivity index (χ3n) is 3.62. The van der Waals surface area contributed by atoms with Gasteiger partial charge in [-0.15, -0.1) is 0 Å². The molecule has 2 rings (SSSR count). The van der Waals surface area contributed by atoms with Crippen LogP contribution in [0.3, 0.4) is 0 Å². The van der Waals surface area contributed by atoms with Crippen molar-refractivity contribution in [3.05, 3.63) is 12.2 Å². The Labute approximate surface area is 102 Å². The number of aryl methyl sites for hydroxylation is 1. The Hall–Kier alpha value is -0.940. The Kier molecular flexibility index (Phi) is 3.79. The number of nitrogens with zero attached hydrogens (tertiary/aromatic N) is 4. The Morgan fingerprint density at radius 3 is 2.65 bits per heavy atom. The maximum Gasteiger partial charge on any atom is 0.138 e. The summed E-state index contributed by atoms with van der Waals surface area (Å²) in [6.07, 6.45) is 5.01. The monoisotopic (exact) mass is 238 g/mol. The van der Waals surface area contributed by atoms with E-state index < -0.39 is 5.60 Å². The molecule has 1 aliphatic rings. The molecule has 0 saturated carbocycles. The molecule has 0 amide bonds. The summed E-state index contributed by atoms with van der Waals surface area (Å²) in [5.41, 5.74) is -0.592. The predicted octanol–water partition coefficient (Wildman–Crippen LogP) is 0.594. The normalized spacial score (nSPS) is 20.6. The van der Waals surface area contributed by atoms with Gasteiger partial charge in [-0.2, -0.15) is 5.10 Å². The second-order valence-electron chi connectivity index (χ2n) is 5.04. The van der Waals surface area contributed by atoms with Crippen LogP contribution in [0.1, 0.15) is 32.0 Å². The number of hydrogen-bond acceptors (Lipinski definition) is 4. The van der Waals surface area contributed by atoms with Crippen LogP contribution < -0.4 is 0 Å². The summed E-state index contributed by atoms with van der Waals surface area (Å²) in [7, 11) is 1.87. The van der Waals surface area contributed by atoms with E-state index in [0.717, 1.165) is 38.3 Å². The third kappa shape index (κ3) is 3.04. The fraction of sp³-hybridized carbons (Fsp3) is 0.833. The van der Waals surface area contributed by atoms with Crippen LogP contribution in [-0.2, 0) is 13.5 Å². The van der Waals surface area contributed by atoms with Gasteiger partial charge in [0.15, 0.2) is 0 Å². The minimum absolute atomic E-state index is 0.592. The van der Waals surface area contributed by atoms with Crippen molar-refractivity contribution in [3.8, 4) is 0 Å². The summed E-state index contributed by atoms with van der Waals surface area (Å²) in [6, 6.07) is 0. The lowest BCUT2D eigenvalue weighted by molar-refractivity contribution is -0.0224. The highest BCUT2D eigenvalue weighted by molar-refractivity contribution is 4.96. The Bertz CT molecular complexity index is 355. The van der Waals surface area contributed by atoms with E-state index >= 15 is 0 Å². The summed E-state index contributed by atoms with van der Waals surface area (Å²) in [5, 5.41) is 14.6. The highest BCUT2D eigenvalue weighted by atomic mass is 16.3. The summed E-state index contributed by atoms with van der Waals surface area (Å²) in [4.78, 5) is 6.61. The van der Waals surface area contributed by atoms with Crippen molar-refractivity contribution in [2.75, 3.05) is 19.6 Å². The molecule has 96 valence electrons. The van der Waals surface area contributed by atoms with Gasteiger partial charge in [0.25, 0.3) is 0 Å². The maximum atomic E-state index is 10.5. The van der Waals surface area contributed by atoms with Crippen LogP contribution in [0.4, 0.5) is 0 Å². The molecule has 1 aliphatic heterocycles. The Morgan fingerprint density at radius 1 is 1.41 bits per heavy atom. The van der Waals surface area contributed by atoms with Gasteiger partial charge in [0.05, 0.1) is 5.60 Å². The average molecular weight is 238 g/mol. The molecule has 1 saturated heterocycles. The first-order valence-corrected chi connectivity index (χ1v) is 6.40. The van der Waals surface area contributed by atoms with E-state index in [-0.39, 0.29) is 0 Å². The van der Waals surface area contributed by atoms with Gasteiger partial charge < -0.3 is 10.0 Å². The zero-order valence-corrected chi connectivity index (χ0v) is 10.8. The number of likely N-dealkylation sites (tertiary alicyclic amines) is 1.